The van der Waals surface area contributed by atoms with E-state index < -0.39 is 0 Å². The Hall–Kier alpha value is -1.94. The third-order valence-electron chi connectivity index (χ3n) is 1.22. The number of nitriles is 1. The zero-order valence-electron chi connectivity index (χ0n) is 5.97. The van der Waals surface area contributed by atoms with Crippen LogP contribution in [0.2, 0.25) is 0 Å². The Bertz CT molecular complexity index is 339. The van der Waals surface area contributed by atoms with Crippen molar-refractivity contribution < 1.29 is 0 Å². The van der Waals surface area contributed by atoms with Crippen LogP contribution < -0.4 is 5.73 Å². The first-order valence-corrected chi connectivity index (χ1v) is 2.96. The van der Waals surface area contributed by atoms with E-state index in [2.05, 4.69) is 22.0 Å². The highest BCUT2D eigenvalue weighted by Gasteiger charge is 2.01. The second-order valence-electron chi connectivity index (χ2n) is 1.97. The number of nitrogen functional groups attached to an aromatic ring is 1. The number of nitrogens with two attached hydrogens (primary N) is 1. The van der Waals surface area contributed by atoms with Crippen LogP contribution in [0.4, 0.5) is 5.82 Å². The lowest BCUT2D eigenvalue weighted by Gasteiger charge is -1.83. The summed E-state index contributed by atoms with van der Waals surface area (Å²) in [6.45, 7) is 1.80. The van der Waals surface area contributed by atoms with Crippen molar-refractivity contribution in [3.63, 3.8) is 0 Å². The van der Waals surface area contributed by atoms with Crippen molar-refractivity contribution in [1.82, 2.24) is 10.2 Å². The van der Waals surface area contributed by atoms with Gasteiger partial charge in [-0.2, -0.15) is 10.4 Å². The monoisotopic (exact) mass is 146 g/mol. The van der Waals surface area contributed by atoms with Crippen LogP contribution in [-0.4, -0.2) is 10.2 Å². The fourth-order valence-electron chi connectivity index (χ4n) is 0.696. The van der Waals surface area contributed by atoms with E-state index in [1.165, 1.54) is 0 Å². The lowest BCUT2D eigenvalue weighted by Crippen LogP contribution is -1.87. The minimum atomic E-state index is 0.338. The molecule has 0 aliphatic rings. The van der Waals surface area contributed by atoms with Crippen LogP contribution in [0.3, 0.4) is 0 Å². The molecule has 0 saturated carbocycles. The number of H-pyrrole nitrogens is 1. The molecular weight excluding hydrogens is 140 g/mol. The maximum atomic E-state index is 8.15. The number of aromatic nitrogens is 2. The Morgan fingerprint density at radius 1 is 1.64 bits per heavy atom. The second kappa shape index (κ2) is 2.76. The highest BCUT2D eigenvalue weighted by molar-refractivity contribution is 5.54. The van der Waals surface area contributed by atoms with Crippen molar-refractivity contribution in [2.24, 2.45) is 0 Å². The molecule has 3 N–H and O–H groups in total. The number of rotatable bonds is 0. The van der Waals surface area contributed by atoms with Gasteiger partial charge in [-0.3, -0.25) is 5.10 Å². The van der Waals surface area contributed by atoms with Gasteiger partial charge >= 0.3 is 0 Å². The summed E-state index contributed by atoms with van der Waals surface area (Å²) in [6, 6.07) is 1.70. The third kappa shape index (κ3) is 1.31. The molecule has 1 aromatic rings. The molecule has 0 aliphatic carbocycles. The van der Waals surface area contributed by atoms with Crippen LogP contribution in [0.25, 0.3) is 0 Å². The Kier molecular flexibility index (Phi) is 1.80. The predicted octanol–water partition coefficient (Wildman–Crippen LogP) is 0.175. The highest BCUT2D eigenvalue weighted by atomic mass is 15.2. The smallest absolute Gasteiger partial charge is 0.161 e. The maximum Gasteiger partial charge on any atom is 0.161 e. The highest BCUT2D eigenvalue weighted by Crippen LogP contribution is 2.09. The first-order chi connectivity index (χ1) is 5.25. The molecule has 0 unspecified atom stereocenters. The van der Waals surface area contributed by atoms with Crippen molar-refractivity contribution >= 4 is 5.82 Å². The van der Waals surface area contributed by atoms with Gasteiger partial charge in [0.2, 0.25) is 0 Å². The number of hydrogen-bond acceptors (Lipinski definition) is 3. The molecule has 54 valence electrons. The van der Waals surface area contributed by atoms with Gasteiger partial charge in [-0.05, 0) is 12.8 Å². The molecule has 1 heterocycles. The Morgan fingerprint density at radius 3 is 2.82 bits per heavy atom. The second-order valence-corrected chi connectivity index (χ2v) is 1.97. The van der Waals surface area contributed by atoms with Crippen LogP contribution in [0.15, 0.2) is 0 Å². The van der Waals surface area contributed by atoms with Crippen LogP contribution in [0.5, 0.6) is 0 Å². The molecule has 1 aromatic heterocycles. The van der Waals surface area contributed by atoms with E-state index in [0.717, 1.165) is 5.69 Å². The summed E-state index contributed by atoms with van der Waals surface area (Å²) in [5.41, 5.74) is 6.81. The quantitative estimate of drug-likeness (QED) is 0.512. The maximum absolute atomic E-state index is 8.15. The number of anilines is 1. The average molecular weight is 146 g/mol. The van der Waals surface area contributed by atoms with Gasteiger partial charge in [0.15, 0.2) is 11.9 Å². The van der Waals surface area contributed by atoms with Gasteiger partial charge in [0.1, 0.15) is 0 Å². The largest absolute Gasteiger partial charge is 0.381 e. The van der Waals surface area contributed by atoms with Crippen molar-refractivity contribution in [2.75, 3.05) is 5.73 Å². The molecule has 0 saturated heterocycles. The van der Waals surface area contributed by atoms with Gasteiger partial charge in [0.05, 0.1) is 11.3 Å². The van der Waals surface area contributed by atoms with Gasteiger partial charge < -0.3 is 5.73 Å². The molecule has 4 heteroatoms. The normalized spacial score (nSPS) is 8.00. The van der Waals surface area contributed by atoms with E-state index in [-0.39, 0.29) is 0 Å². The number of nitrogens with zero attached hydrogens (tertiary/aromatic N) is 2. The molecule has 4 nitrogen and oxygen atoms in total. The van der Waals surface area contributed by atoms with Crippen molar-refractivity contribution in [1.29, 1.82) is 5.26 Å². The average Bonchev–Trinajstić information content (AvgIpc) is 2.29. The van der Waals surface area contributed by atoms with E-state index in [9.17, 15) is 0 Å². The number of nitrogens with one attached hydrogen (secondary N) is 1. The SMILES string of the molecule is Cc1[nH]nc(N)c1C#CC#N. The summed E-state index contributed by atoms with van der Waals surface area (Å²) in [5.74, 6) is 5.17. The first-order valence-electron chi connectivity index (χ1n) is 2.96. The zero-order chi connectivity index (χ0) is 8.27. The lowest BCUT2D eigenvalue weighted by molar-refractivity contribution is 1.05. The van der Waals surface area contributed by atoms with Gasteiger partial charge in [-0.25, -0.2) is 0 Å². The molecule has 0 aromatic carbocycles. The lowest BCUT2D eigenvalue weighted by atomic mass is 10.2. The fraction of sp³-hybridized carbons (Fsp3) is 0.143. The Morgan fingerprint density at radius 2 is 2.36 bits per heavy atom. The molecule has 0 fully saturated rings. The third-order valence-corrected chi connectivity index (χ3v) is 1.22. The summed E-state index contributed by atoms with van der Waals surface area (Å²) in [7, 11) is 0. The van der Waals surface area contributed by atoms with Gasteiger partial charge in [0.25, 0.3) is 0 Å². The van der Waals surface area contributed by atoms with Crippen LogP contribution >= 0.6 is 0 Å². The molecule has 1 rings (SSSR count). The molecule has 0 atom stereocenters. The summed E-state index contributed by atoms with van der Waals surface area (Å²) >= 11 is 0. The molecular formula is C7H6N4. The molecule has 0 bridgehead atoms. The topological polar surface area (TPSA) is 78.5 Å². The van der Waals surface area contributed by atoms with Crippen molar-refractivity contribution in [3.8, 4) is 17.9 Å². The van der Waals surface area contributed by atoms with E-state index in [1.807, 2.05) is 0 Å². The number of aryl methyl sites for hydroxylation is 1. The standard InChI is InChI=1S/C7H6N4/c1-5-6(3-2-4-8)7(9)11-10-5/h1H3,(H3,9,10,11). The van der Waals surface area contributed by atoms with Crippen molar-refractivity contribution in [3.05, 3.63) is 11.3 Å². The van der Waals surface area contributed by atoms with Crippen LogP contribution in [-0.2, 0) is 0 Å². The minimum Gasteiger partial charge on any atom is -0.381 e. The minimum absolute atomic E-state index is 0.338. The summed E-state index contributed by atoms with van der Waals surface area (Å²) < 4.78 is 0. The first kappa shape index (κ1) is 7.17. The predicted molar refractivity (Wildman–Crippen MR) is 40.2 cm³/mol. The summed E-state index contributed by atoms with van der Waals surface area (Å²) in [5, 5.41) is 14.5. The van der Waals surface area contributed by atoms with Crippen LogP contribution in [0.1, 0.15) is 11.3 Å². The summed E-state index contributed by atoms with van der Waals surface area (Å²) in [6.07, 6.45) is 0. The zero-order valence-corrected chi connectivity index (χ0v) is 5.97. The van der Waals surface area contributed by atoms with E-state index in [4.69, 9.17) is 11.0 Å². The molecule has 0 radical (unpaired) electrons. The van der Waals surface area contributed by atoms with Crippen molar-refractivity contribution in [2.45, 2.75) is 6.92 Å². The Balaban J connectivity index is 3.13. The molecule has 0 spiro atoms. The van der Waals surface area contributed by atoms with Crippen LogP contribution in [0, 0.1) is 30.1 Å². The summed E-state index contributed by atoms with van der Waals surface area (Å²) in [4.78, 5) is 0. The number of hydrogen-bond donors (Lipinski definition) is 2. The van der Waals surface area contributed by atoms with E-state index >= 15 is 0 Å². The van der Waals surface area contributed by atoms with Gasteiger partial charge in [0, 0.05) is 5.92 Å². The van der Waals surface area contributed by atoms with E-state index in [1.54, 1.807) is 13.0 Å². The van der Waals surface area contributed by atoms with Gasteiger partial charge in [-0.1, -0.05) is 0 Å². The molecule has 0 aliphatic heterocycles. The molecule has 11 heavy (non-hydrogen) atoms. The van der Waals surface area contributed by atoms with E-state index in [0.29, 0.717) is 11.4 Å². The fourth-order valence-corrected chi connectivity index (χ4v) is 0.696. The van der Waals surface area contributed by atoms with Gasteiger partial charge in [-0.15, -0.1) is 0 Å². The Labute approximate surface area is 64.0 Å². The molecule has 0 amide bonds. The number of aromatic amines is 1.